The number of Topliss-reactive ketones (excluding diaryl/α,β-unsaturated/α-hetero) is 1. The molecule has 8 heteroatoms. The quantitative estimate of drug-likeness (QED) is 0.655. The first-order valence-corrected chi connectivity index (χ1v) is 10.6. The summed E-state index contributed by atoms with van der Waals surface area (Å²) in [6, 6.07) is 10.0. The highest BCUT2D eigenvalue weighted by Crippen LogP contribution is 2.46. The molecule has 0 saturated carbocycles. The summed E-state index contributed by atoms with van der Waals surface area (Å²) in [5, 5.41) is 5.62. The average molecular weight is 455 g/mol. The van der Waals surface area contributed by atoms with Crippen molar-refractivity contribution in [1.29, 1.82) is 0 Å². The Hall–Kier alpha value is -3.42. The van der Waals surface area contributed by atoms with Crippen LogP contribution in [0.25, 0.3) is 0 Å². The number of benzene rings is 1. The first kappa shape index (κ1) is 22.8. The Labute approximate surface area is 189 Å². The van der Waals surface area contributed by atoms with Crippen molar-refractivity contribution in [3.05, 3.63) is 82.5 Å². The maximum atomic E-state index is 13.5. The summed E-state index contributed by atoms with van der Waals surface area (Å²) in [7, 11) is 0. The molecule has 2 N–H and O–H groups in total. The third-order valence-corrected chi connectivity index (χ3v) is 5.95. The molecule has 2 aliphatic rings. The molecule has 0 saturated heterocycles. The lowest BCUT2D eigenvalue weighted by Gasteiger charge is -2.39. The van der Waals surface area contributed by atoms with Crippen molar-refractivity contribution in [3.63, 3.8) is 0 Å². The molecule has 5 nitrogen and oxygen atoms in total. The number of halogens is 3. The number of nitrogens with zero attached hydrogens (tertiary/aromatic N) is 1. The van der Waals surface area contributed by atoms with Crippen molar-refractivity contribution in [2.24, 2.45) is 5.41 Å². The van der Waals surface area contributed by atoms with Gasteiger partial charge in [-0.2, -0.15) is 13.2 Å². The van der Waals surface area contributed by atoms with E-state index in [1.165, 1.54) is 18.2 Å². The van der Waals surface area contributed by atoms with Gasteiger partial charge in [0.05, 0.1) is 22.9 Å². The predicted molar refractivity (Wildman–Crippen MR) is 118 cm³/mol. The van der Waals surface area contributed by atoms with E-state index in [0.29, 0.717) is 29.8 Å². The van der Waals surface area contributed by atoms with Gasteiger partial charge in [0.25, 0.3) is 5.91 Å². The fourth-order valence-corrected chi connectivity index (χ4v) is 4.61. The molecule has 4 rings (SSSR count). The van der Waals surface area contributed by atoms with Crippen LogP contribution in [0.5, 0.6) is 0 Å². The predicted octanol–water partition coefficient (Wildman–Crippen LogP) is 5.34. The third-order valence-electron chi connectivity index (χ3n) is 5.95. The zero-order valence-corrected chi connectivity index (χ0v) is 18.5. The van der Waals surface area contributed by atoms with Crippen molar-refractivity contribution in [2.75, 3.05) is 5.32 Å². The summed E-state index contributed by atoms with van der Waals surface area (Å²) in [5.41, 5.74) is 0.812. The number of amides is 1. The number of alkyl halides is 3. The standard InChI is InChI=1S/C25H24F3N3O2/c1-14-20(23(33)31-16-9-5-4-8-15(16)25(26,27)28)22(17-10-6-7-11-29-17)21-18(30-14)12-24(2,3)13-19(21)32/h4-11,22,30H,12-13H2,1-3H3,(H,31,33)/t22-/m0/s1. The van der Waals surface area contributed by atoms with Gasteiger partial charge in [-0.25, -0.2) is 0 Å². The van der Waals surface area contributed by atoms with Gasteiger partial charge in [0, 0.05) is 35.2 Å². The first-order valence-electron chi connectivity index (χ1n) is 10.6. The topological polar surface area (TPSA) is 71.1 Å². The molecule has 0 spiro atoms. The van der Waals surface area contributed by atoms with Crippen molar-refractivity contribution in [2.45, 2.75) is 45.7 Å². The molecule has 1 aromatic heterocycles. The van der Waals surface area contributed by atoms with Crippen LogP contribution in [0.15, 0.2) is 71.2 Å². The Morgan fingerprint density at radius 3 is 2.48 bits per heavy atom. The van der Waals surface area contributed by atoms with Crippen LogP contribution in [0.4, 0.5) is 18.9 Å². The van der Waals surface area contributed by atoms with E-state index in [1.54, 1.807) is 31.3 Å². The summed E-state index contributed by atoms with van der Waals surface area (Å²) in [4.78, 5) is 31.0. The number of anilines is 1. The van der Waals surface area contributed by atoms with Gasteiger partial charge in [0.1, 0.15) is 0 Å². The second-order valence-corrected chi connectivity index (χ2v) is 9.18. The molecule has 0 fully saturated rings. The van der Waals surface area contributed by atoms with Crippen LogP contribution >= 0.6 is 0 Å². The van der Waals surface area contributed by atoms with Crippen molar-refractivity contribution < 1.29 is 22.8 Å². The average Bonchev–Trinajstić information content (AvgIpc) is 2.72. The Balaban J connectivity index is 1.80. The minimum Gasteiger partial charge on any atom is -0.362 e. The number of carbonyl (C=O) groups is 2. The summed E-state index contributed by atoms with van der Waals surface area (Å²) in [5.74, 6) is -1.58. The van der Waals surface area contributed by atoms with Crippen LogP contribution < -0.4 is 10.6 Å². The number of ketones is 1. The highest BCUT2D eigenvalue weighted by Gasteiger charge is 2.43. The van der Waals surface area contributed by atoms with Gasteiger partial charge in [-0.05, 0) is 43.0 Å². The number of pyridine rings is 1. The molecule has 1 atom stereocenters. The molecule has 0 radical (unpaired) electrons. The Bertz CT molecular complexity index is 1180. The molecular formula is C25H24F3N3O2. The van der Waals surface area contributed by atoms with Gasteiger partial charge in [-0.1, -0.05) is 32.0 Å². The van der Waals surface area contributed by atoms with E-state index >= 15 is 0 Å². The minimum absolute atomic E-state index is 0.0992. The van der Waals surface area contributed by atoms with E-state index in [1.807, 2.05) is 13.8 Å². The SMILES string of the molecule is CC1=C(C(=O)Nc2ccccc2C(F)(F)F)[C@H](c2ccccn2)C2=C(CC(C)(C)CC2=O)N1. The van der Waals surface area contributed by atoms with Gasteiger partial charge < -0.3 is 10.6 Å². The van der Waals surface area contributed by atoms with Crippen LogP contribution in [-0.4, -0.2) is 16.7 Å². The smallest absolute Gasteiger partial charge is 0.362 e. The summed E-state index contributed by atoms with van der Waals surface area (Å²) < 4.78 is 40.4. The molecular weight excluding hydrogens is 431 g/mol. The lowest BCUT2D eigenvalue weighted by molar-refractivity contribution is -0.137. The van der Waals surface area contributed by atoms with E-state index in [2.05, 4.69) is 15.6 Å². The lowest BCUT2D eigenvalue weighted by atomic mass is 9.69. The molecule has 1 aliphatic heterocycles. The number of rotatable bonds is 3. The van der Waals surface area contributed by atoms with Crippen LogP contribution in [0.3, 0.4) is 0 Å². The van der Waals surface area contributed by atoms with Crippen molar-refractivity contribution in [1.82, 2.24) is 10.3 Å². The van der Waals surface area contributed by atoms with E-state index < -0.39 is 23.6 Å². The number of hydrogen-bond acceptors (Lipinski definition) is 4. The van der Waals surface area contributed by atoms with Crippen LogP contribution in [0, 0.1) is 5.41 Å². The molecule has 2 aromatic rings. The molecule has 0 bridgehead atoms. The first-order chi connectivity index (χ1) is 15.5. The lowest BCUT2D eigenvalue weighted by Crippen LogP contribution is -2.39. The molecule has 1 aromatic carbocycles. The number of aromatic nitrogens is 1. The zero-order chi connectivity index (χ0) is 24.0. The monoisotopic (exact) mass is 455 g/mol. The third kappa shape index (κ3) is 4.42. The molecule has 0 unspecified atom stereocenters. The normalized spacial score (nSPS) is 20.3. The van der Waals surface area contributed by atoms with Crippen molar-refractivity contribution in [3.8, 4) is 0 Å². The van der Waals surface area contributed by atoms with Crippen LogP contribution in [-0.2, 0) is 15.8 Å². The van der Waals surface area contributed by atoms with E-state index in [4.69, 9.17) is 0 Å². The number of allylic oxidation sites excluding steroid dienone is 3. The number of para-hydroxylation sites is 1. The summed E-state index contributed by atoms with van der Waals surface area (Å²) >= 11 is 0. The van der Waals surface area contributed by atoms with Gasteiger partial charge in [0.15, 0.2) is 5.78 Å². The van der Waals surface area contributed by atoms with E-state index in [-0.39, 0.29) is 22.5 Å². The number of nitrogens with one attached hydrogen (secondary N) is 2. The van der Waals surface area contributed by atoms with Crippen LogP contribution in [0.1, 0.15) is 50.8 Å². The maximum Gasteiger partial charge on any atom is 0.418 e. The Morgan fingerprint density at radius 1 is 1.12 bits per heavy atom. The van der Waals surface area contributed by atoms with Crippen molar-refractivity contribution >= 4 is 17.4 Å². The molecule has 2 heterocycles. The molecule has 1 amide bonds. The second kappa shape index (κ2) is 8.17. The van der Waals surface area contributed by atoms with Gasteiger partial charge in [-0.15, -0.1) is 0 Å². The molecule has 1 aliphatic carbocycles. The fourth-order valence-electron chi connectivity index (χ4n) is 4.61. The van der Waals surface area contributed by atoms with E-state index in [9.17, 15) is 22.8 Å². The van der Waals surface area contributed by atoms with Gasteiger partial charge in [0.2, 0.25) is 0 Å². The largest absolute Gasteiger partial charge is 0.418 e. The maximum absolute atomic E-state index is 13.5. The van der Waals surface area contributed by atoms with Gasteiger partial charge in [-0.3, -0.25) is 14.6 Å². The Kier molecular flexibility index (Phi) is 5.64. The highest BCUT2D eigenvalue weighted by molar-refractivity contribution is 6.10. The fraction of sp³-hybridized carbons (Fsp3) is 0.320. The highest BCUT2D eigenvalue weighted by atomic mass is 19.4. The second-order valence-electron chi connectivity index (χ2n) is 9.18. The molecule has 33 heavy (non-hydrogen) atoms. The van der Waals surface area contributed by atoms with E-state index in [0.717, 1.165) is 11.8 Å². The number of hydrogen-bond donors (Lipinski definition) is 2. The van der Waals surface area contributed by atoms with Gasteiger partial charge >= 0.3 is 6.18 Å². The van der Waals surface area contributed by atoms with Crippen LogP contribution in [0.2, 0.25) is 0 Å². The Morgan fingerprint density at radius 2 is 1.82 bits per heavy atom. The number of dihydropyridines is 1. The molecule has 172 valence electrons. The number of carbonyl (C=O) groups excluding carboxylic acids is 2. The zero-order valence-electron chi connectivity index (χ0n) is 18.5. The summed E-state index contributed by atoms with van der Waals surface area (Å²) in [6.07, 6.45) is -2.14. The summed E-state index contributed by atoms with van der Waals surface area (Å²) in [6.45, 7) is 5.69. The minimum atomic E-state index is -4.63.